The second-order valence-electron chi connectivity index (χ2n) is 10.1. The highest BCUT2D eigenvalue weighted by atomic mass is 32.1. The number of ether oxygens (including phenoxy) is 2. The third kappa shape index (κ3) is 5.32. The predicted octanol–water partition coefficient (Wildman–Crippen LogP) is 4.77. The molecule has 3 unspecified atom stereocenters. The summed E-state index contributed by atoms with van der Waals surface area (Å²) in [6.07, 6.45) is 4.80. The Morgan fingerprint density at radius 1 is 1.12 bits per heavy atom. The van der Waals surface area contributed by atoms with Crippen molar-refractivity contribution >= 4 is 28.3 Å². The van der Waals surface area contributed by atoms with Gasteiger partial charge in [0.15, 0.2) is 5.13 Å². The van der Waals surface area contributed by atoms with Gasteiger partial charge in [0.1, 0.15) is 11.5 Å². The molecule has 3 atom stereocenters. The van der Waals surface area contributed by atoms with Gasteiger partial charge in [0, 0.05) is 22.5 Å². The topological polar surface area (TPSA) is 89.6 Å². The SMILES string of the molecule is COc1cc(OC)cc(C(=O)Nc2nc3c(s2)CCC3C(=O)NC2CC(C)CC(C)(C)C2)c1. The van der Waals surface area contributed by atoms with Gasteiger partial charge < -0.3 is 14.8 Å². The molecule has 2 N–H and O–H groups in total. The quantitative estimate of drug-likeness (QED) is 0.633. The van der Waals surface area contributed by atoms with Gasteiger partial charge >= 0.3 is 0 Å². The first-order valence-corrected chi connectivity index (χ1v) is 12.3. The van der Waals surface area contributed by atoms with Crippen LogP contribution in [-0.2, 0) is 11.2 Å². The number of anilines is 1. The van der Waals surface area contributed by atoms with Gasteiger partial charge in [-0.25, -0.2) is 4.98 Å². The van der Waals surface area contributed by atoms with Crippen LogP contribution >= 0.6 is 11.3 Å². The molecule has 1 heterocycles. The number of rotatable bonds is 6. The van der Waals surface area contributed by atoms with Crippen LogP contribution in [0.1, 0.15) is 73.3 Å². The first-order valence-electron chi connectivity index (χ1n) is 11.5. The number of carbonyl (C=O) groups excluding carboxylic acids is 2. The Labute approximate surface area is 199 Å². The number of hydrogen-bond acceptors (Lipinski definition) is 6. The van der Waals surface area contributed by atoms with Crippen molar-refractivity contribution in [3.05, 3.63) is 34.3 Å². The van der Waals surface area contributed by atoms with Crippen molar-refractivity contribution in [1.29, 1.82) is 0 Å². The maximum Gasteiger partial charge on any atom is 0.257 e. The lowest BCUT2D eigenvalue weighted by atomic mass is 9.70. The molecular formula is C25H33N3O4S. The third-order valence-electron chi connectivity index (χ3n) is 6.60. The average molecular weight is 472 g/mol. The second-order valence-corrected chi connectivity index (χ2v) is 11.2. The number of nitrogens with one attached hydrogen (secondary N) is 2. The van der Waals surface area contributed by atoms with E-state index in [1.807, 2.05) is 0 Å². The van der Waals surface area contributed by atoms with Gasteiger partial charge in [0.2, 0.25) is 5.91 Å². The predicted molar refractivity (Wildman–Crippen MR) is 129 cm³/mol. The van der Waals surface area contributed by atoms with E-state index in [-0.39, 0.29) is 29.2 Å². The van der Waals surface area contributed by atoms with E-state index in [1.165, 1.54) is 17.8 Å². The fourth-order valence-electron chi connectivity index (χ4n) is 5.40. The zero-order chi connectivity index (χ0) is 23.8. The van der Waals surface area contributed by atoms with E-state index < -0.39 is 0 Å². The molecule has 1 aromatic carbocycles. The number of benzene rings is 1. The molecule has 0 saturated heterocycles. The molecule has 0 spiro atoms. The van der Waals surface area contributed by atoms with Gasteiger partial charge in [0.05, 0.1) is 25.8 Å². The van der Waals surface area contributed by atoms with Crippen LogP contribution in [0.2, 0.25) is 0 Å². The largest absolute Gasteiger partial charge is 0.497 e. The fourth-order valence-corrected chi connectivity index (χ4v) is 6.43. The molecule has 0 aliphatic heterocycles. The zero-order valence-corrected chi connectivity index (χ0v) is 20.8. The van der Waals surface area contributed by atoms with E-state index in [9.17, 15) is 9.59 Å². The minimum atomic E-state index is -0.293. The van der Waals surface area contributed by atoms with Crippen LogP contribution in [0.5, 0.6) is 11.5 Å². The van der Waals surface area contributed by atoms with Crippen LogP contribution in [0.3, 0.4) is 0 Å². The first-order chi connectivity index (χ1) is 15.7. The molecule has 0 bridgehead atoms. The highest BCUT2D eigenvalue weighted by molar-refractivity contribution is 7.16. The van der Waals surface area contributed by atoms with Crippen molar-refractivity contribution in [2.24, 2.45) is 11.3 Å². The Balaban J connectivity index is 1.44. The van der Waals surface area contributed by atoms with Crippen LogP contribution in [-0.4, -0.2) is 37.1 Å². The molecule has 1 fully saturated rings. The van der Waals surface area contributed by atoms with Crippen LogP contribution in [0.15, 0.2) is 18.2 Å². The molecule has 0 radical (unpaired) electrons. The summed E-state index contributed by atoms with van der Waals surface area (Å²) in [7, 11) is 3.09. The van der Waals surface area contributed by atoms with Crippen LogP contribution in [0, 0.1) is 11.3 Å². The summed E-state index contributed by atoms with van der Waals surface area (Å²) in [6, 6.07) is 5.23. The number of amides is 2. The van der Waals surface area contributed by atoms with E-state index in [2.05, 4.69) is 36.4 Å². The van der Waals surface area contributed by atoms with Gasteiger partial charge in [0.25, 0.3) is 5.91 Å². The normalized spacial score (nSPS) is 23.5. The standard InChI is InChI=1S/C25H33N3O4S/c1-14-8-16(13-25(2,3)12-14)26-23(30)19-6-7-20-21(19)27-24(33-20)28-22(29)15-9-17(31-4)11-18(10-15)32-5/h9-11,14,16,19H,6-8,12-13H2,1-5H3,(H,26,30)(H,27,28,29). The molecule has 2 amide bonds. The summed E-state index contributed by atoms with van der Waals surface area (Å²) >= 11 is 1.45. The number of aromatic nitrogens is 1. The lowest BCUT2D eigenvalue weighted by Crippen LogP contribution is -2.44. The van der Waals surface area contributed by atoms with E-state index in [1.54, 1.807) is 32.4 Å². The van der Waals surface area contributed by atoms with Crippen molar-refractivity contribution in [2.45, 2.75) is 64.8 Å². The van der Waals surface area contributed by atoms with Gasteiger partial charge in [-0.05, 0) is 55.6 Å². The Bertz CT molecular complexity index is 1030. The molecule has 1 saturated carbocycles. The van der Waals surface area contributed by atoms with Crippen LogP contribution < -0.4 is 20.1 Å². The lowest BCUT2D eigenvalue weighted by Gasteiger charge is -2.39. The second kappa shape index (κ2) is 9.33. The maximum atomic E-state index is 13.1. The summed E-state index contributed by atoms with van der Waals surface area (Å²) in [5.41, 5.74) is 1.47. The number of methoxy groups -OCH3 is 2. The Morgan fingerprint density at radius 3 is 2.45 bits per heavy atom. The Kier molecular flexibility index (Phi) is 6.66. The van der Waals surface area contributed by atoms with Crippen LogP contribution in [0.25, 0.3) is 0 Å². The molecule has 178 valence electrons. The molecule has 33 heavy (non-hydrogen) atoms. The maximum absolute atomic E-state index is 13.1. The third-order valence-corrected chi connectivity index (χ3v) is 7.65. The molecular weight excluding hydrogens is 438 g/mol. The number of thiazole rings is 1. The average Bonchev–Trinajstić information content (AvgIpc) is 3.31. The van der Waals surface area contributed by atoms with Crippen molar-refractivity contribution in [2.75, 3.05) is 19.5 Å². The fraction of sp³-hybridized carbons (Fsp3) is 0.560. The number of nitrogens with zero attached hydrogens (tertiary/aromatic N) is 1. The molecule has 8 heteroatoms. The van der Waals surface area contributed by atoms with Gasteiger partial charge in [-0.2, -0.15) is 0 Å². The Hall–Kier alpha value is -2.61. The lowest BCUT2D eigenvalue weighted by molar-refractivity contribution is -0.123. The summed E-state index contributed by atoms with van der Waals surface area (Å²) < 4.78 is 10.5. The highest BCUT2D eigenvalue weighted by Gasteiger charge is 2.37. The smallest absolute Gasteiger partial charge is 0.257 e. The van der Waals surface area contributed by atoms with Gasteiger partial charge in [-0.1, -0.05) is 20.8 Å². The van der Waals surface area contributed by atoms with Crippen molar-refractivity contribution in [3.63, 3.8) is 0 Å². The number of aryl methyl sites for hydroxylation is 1. The van der Waals surface area contributed by atoms with E-state index >= 15 is 0 Å². The van der Waals surface area contributed by atoms with E-state index in [4.69, 9.17) is 9.47 Å². The number of fused-ring (bicyclic) bond motifs is 1. The first kappa shape index (κ1) is 23.5. The van der Waals surface area contributed by atoms with Crippen molar-refractivity contribution < 1.29 is 19.1 Å². The van der Waals surface area contributed by atoms with Crippen molar-refractivity contribution in [3.8, 4) is 11.5 Å². The van der Waals surface area contributed by atoms with Gasteiger partial charge in [-0.3, -0.25) is 14.9 Å². The molecule has 4 rings (SSSR count). The number of hydrogen-bond donors (Lipinski definition) is 2. The monoisotopic (exact) mass is 471 g/mol. The molecule has 7 nitrogen and oxygen atoms in total. The molecule has 2 aromatic rings. The number of carbonyl (C=O) groups is 2. The highest BCUT2D eigenvalue weighted by Crippen LogP contribution is 2.41. The van der Waals surface area contributed by atoms with Crippen molar-refractivity contribution in [1.82, 2.24) is 10.3 Å². The minimum absolute atomic E-state index is 0.0596. The molecule has 2 aliphatic rings. The van der Waals surface area contributed by atoms with Gasteiger partial charge in [-0.15, -0.1) is 11.3 Å². The molecule has 1 aromatic heterocycles. The van der Waals surface area contributed by atoms with E-state index in [0.29, 0.717) is 28.1 Å². The summed E-state index contributed by atoms with van der Waals surface area (Å²) in [5.74, 6) is 1.20. The Morgan fingerprint density at radius 2 is 1.82 bits per heavy atom. The van der Waals surface area contributed by atoms with E-state index in [0.717, 1.165) is 36.3 Å². The zero-order valence-electron chi connectivity index (χ0n) is 20.0. The molecule has 2 aliphatic carbocycles. The minimum Gasteiger partial charge on any atom is -0.497 e. The summed E-state index contributed by atoms with van der Waals surface area (Å²) in [4.78, 5) is 31.7. The van der Waals surface area contributed by atoms with Crippen LogP contribution in [0.4, 0.5) is 5.13 Å². The summed E-state index contributed by atoms with van der Waals surface area (Å²) in [6.45, 7) is 6.83. The summed E-state index contributed by atoms with van der Waals surface area (Å²) in [5, 5.41) is 6.68.